The Morgan fingerprint density at radius 1 is 1.10 bits per heavy atom. The third-order valence-corrected chi connectivity index (χ3v) is 3.32. The van der Waals surface area contributed by atoms with E-state index < -0.39 is 0 Å². The third kappa shape index (κ3) is 2.00. The Morgan fingerprint density at radius 3 is 2.50 bits per heavy atom. The van der Waals surface area contributed by atoms with Crippen LogP contribution in [0.3, 0.4) is 0 Å². The van der Waals surface area contributed by atoms with Crippen molar-refractivity contribution in [3.63, 3.8) is 0 Å². The van der Waals surface area contributed by atoms with Gasteiger partial charge >= 0.3 is 0 Å². The summed E-state index contributed by atoms with van der Waals surface area (Å²) in [5.41, 5.74) is 8.29. The molecule has 0 atom stereocenters. The molecule has 0 saturated carbocycles. The topological polar surface area (TPSA) is 60.9 Å². The molecular weight excluding hydrogens is 250 g/mol. The maximum atomic E-state index is 12.7. The number of rotatable bonds is 2. The van der Waals surface area contributed by atoms with Gasteiger partial charge in [-0.15, -0.1) is 0 Å². The second-order valence-electron chi connectivity index (χ2n) is 4.73. The summed E-state index contributed by atoms with van der Waals surface area (Å²) < 4.78 is 1.59. The van der Waals surface area contributed by atoms with E-state index in [9.17, 15) is 4.79 Å². The van der Waals surface area contributed by atoms with Gasteiger partial charge < -0.3 is 5.73 Å². The Bertz CT molecular complexity index is 819. The summed E-state index contributed by atoms with van der Waals surface area (Å²) in [6.07, 6.45) is 0. The van der Waals surface area contributed by atoms with Gasteiger partial charge in [-0.1, -0.05) is 29.8 Å². The Labute approximate surface area is 116 Å². The highest BCUT2D eigenvalue weighted by Gasteiger charge is 2.10. The quantitative estimate of drug-likeness (QED) is 0.772. The third-order valence-electron chi connectivity index (χ3n) is 3.32. The first kappa shape index (κ1) is 12.6. The molecule has 0 radical (unpaired) electrons. The van der Waals surface area contributed by atoms with E-state index in [-0.39, 0.29) is 12.1 Å². The van der Waals surface area contributed by atoms with Gasteiger partial charge in [0, 0.05) is 0 Å². The second kappa shape index (κ2) is 4.90. The lowest BCUT2D eigenvalue weighted by Crippen LogP contribution is -2.25. The molecule has 2 aromatic carbocycles. The lowest BCUT2D eigenvalue weighted by Gasteiger charge is -2.12. The SMILES string of the molecule is Cc1ccc(-n2c(CN)nc3ccccc3c2=O)cc1. The first-order valence-corrected chi connectivity index (χ1v) is 6.48. The standard InChI is InChI=1S/C16H15N3O/c1-11-6-8-12(9-7-11)19-15(10-17)18-14-5-3-2-4-13(14)16(19)20/h2-9H,10,17H2,1H3. The zero-order valence-electron chi connectivity index (χ0n) is 11.2. The first-order valence-electron chi connectivity index (χ1n) is 6.48. The van der Waals surface area contributed by atoms with Crippen LogP contribution in [0.15, 0.2) is 53.3 Å². The van der Waals surface area contributed by atoms with Gasteiger partial charge in [0.25, 0.3) is 5.56 Å². The molecular formula is C16H15N3O. The lowest BCUT2D eigenvalue weighted by molar-refractivity contribution is 0.816. The highest BCUT2D eigenvalue weighted by atomic mass is 16.1. The molecule has 0 aliphatic rings. The molecule has 0 spiro atoms. The van der Waals surface area contributed by atoms with Gasteiger partial charge in [0.05, 0.1) is 23.1 Å². The zero-order chi connectivity index (χ0) is 14.1. The van der Waals surface area contributed by atoms with Crippen LogP contribution in [0.4, 0.5) is 0 Å². The van der Waals surface area contributed by atoms with Crippen molar-refractivity contribution in [2.75, 3.05) is 0 Å². The Balaban J connectivity index is 2.36. The predicted octanol–water partition coefficient (Wildman–Crippen LogP) is 2.15. The van der Waals surface area contributed by atoms with Crippen molar-refractivity contribution in [2.24, 2.45) is 5.73 Å². The fourth-order valence-electron chi connectivity index (χ4n) is 2.28. The van der Waals surface area contributed by atoms with Crippen molar-refractivity contribution >= 4 is 10.9 Å². The average Bonchev–Trinajstić information content (AvgIpc) is 2.48. The number of hydrogen-bond donors (Lipinski definition) is 1. The van der Waals surface area contributed by atoms with Gasteiger partial charge in [0.15, 0.2) is 0 Å². The van der Waals surface area contributed by atoms with Crippen molar-refractivity contribution in [3.8, 4) is 5.69 Å². The van der Waals surface area contributed by atoms with Crippen molar-refractivity contribution in [2.45, 2.75) is 13.5 Å². The highest BCUT2D eigenvalue weighted by molar-refractivity contribution is 5.77. The first-order chi connectivity index (χ1) is 9.70. The molecule has 0 unspecified atom stereocenters. The summed E-state index contributed by atoms with van der Waals surface area (Å²) in [6.45, 7) is 2.23. The predicted molar refractivity (Wildman–Crippen MR) is 80.0 cm³/mol. The molecule has 0 aliphatic heterocycles. The van der Waals surface area contributed by atoms with Crippen LogP contribution in [0.2, 0.25) is 0 Å². The summed E-state index contributed by atoms with van der Waals surface area (Å²) in [6, 6.07) is 15.1. The maximum absolute atomic E-state index is 12.7. The molecule has 1 aromatic heterocycles. The summed E-state index contributed by atoms with van der Waals surface area (Å²) in [5.74, 6) is 0.567. The van der Waals surface area contributed by atoms with Gasteiger partial charge in [0.2, 0.25) is 0 Å². The van der Waals surface area contributed by atoms with E-state index in [0.29, 0.717) is 16.7 Å². The van der Waals surface area contributed by atoms with E-state index in [2.05, 4.69) is 4.98 Å². The number of fused-ring (bicyclic) bond motifs is 1. The van der Waals surface area contributed by atoms with E-state index in [0.717, 1.165) is 11.3 Å². The molecule has 0 saturated heterocycles. The van der Waals surface area contributed by atoms with E-state index in [1.807, 2.05) is 49.4 Å². The molecule has 4 heteroatoms. The van der Waals surface area contributed by atoms with Crippen molar-refractivity contribution in [1.82, 2.24) is 9.55 Å². The number of hydrogen-bond acceptors (Lipinski definition) is 3. The Kier molecular flexibility index (Phi) is 3.08. The van der Waals surface area contributed by atoms with Crippen LogP contribution in [0.1, 0.15) is 11.4 Å². The Hall–Kier alpha value is -2.46. The number of nitrogens with zero attached hydrogens (tertiary/aromatic N) is 2. The summed E-state index contributed by atoms with van der Waals surface area (Å²) in [5, 5.41) is 0.602. The van der Waals surface area contributed by atoms with Gasteiger partial charge in [0.1, 0.15) is 5.82 Å². The number of aromatic nitrogens is 2. The molecule has 100 valence electrons. The molecule has 2 N–H and O–H groups in total. The number of nitrogens with two attached hydrogens (primary N) is 1. The lowest BCUT2D eigenvalue weighted by atomic mass is 10.2. The number of benzene rings is 2. The fraction of sp³-hybridized carbons (Fsp3) is 0.125. The van der Waals surface area contributed by atoms with Crippen LogP contribution in [0, 0.1) is 6.92 Å². The van der Waals surface area contributed by atoms with Gasteiger partial charge in [-0.05, 0) is 31.2 Å². The zero-order valence-corrected chi connectivity index (χ0v) is 11.2. The fourth-order valence-corrected chi connectivity index (χ4v) is 2.28. The summed E-state index contributed by atoms with van der Waals surface area (Å²) >= 11 is 0. The van der Waals surface area contributed by atoms with Crippen molar-refractivity contribution in [1.29, 1.82) is 0 Å². The molecule has 4 nitrogen and oxygen atoms in total. The smallest absolute Gasteiger partial charge is 0.266 e. The highest BCUT2D eigenvalue weighted by Crippen LogP contribution is 2.13. The van der Waals surface area contributed by atoms with Crippen LogP contribution in [-0.2, 0) is 6.54 Å². The van der Waals surface area contributed by atoms with Crippen LogP contribution in [0.25, 0.3) is 16.6 Å². The number of para-hydroxylation sites is 1. The minimum absolute atomic E-state index is 0.0834. The van der Waals surface area contributed by atoms with Crippen LogP contribution >= 0.6 is 0 Å². The molecule has 1 heterocycles. The van der Waals surface area contributed by atoms with E-state index >= 15 is 0 Å². The van der Waals surface area contributed by atoms with E-state index in [1.54, 1.807) is 10.6 Å². The molecule has 20 heavy (non-hydrogen) atoms. The minimum Gasteiger partial charge on any atom is -0.324 e. The number of aryl methyl sites for hydroxylation is 1. The largest absolute Gasteiger partial charge is 0.324 e. The molecule has 0 amide bonds. The van der Waals surface area contributed by atoms with Crippen LogP contribution in [0.5, 0.6) is 0 Å². The average molecular weight is 265 g/mol. The summed E-state index contributed by atoms with van der Waals surface area (Å²) in [7, 11) is 0. The minimum atomic E-state index is -0.0834. The molecule has 3 aromatic rings. The van der Waals surface area contributed by atoms with Crippen LogP contribution < -0.4 is 11.3 Å². The van der Waals surface area contributed by atoms with Gasteiger partial charge in [-0.2, -0.15) is 0 Å². The second-order valence-corrected chi connectivity index (χ2v) is 4.73. The molecule has 0 aliphatic carbocycles. The van der Waals surface area contributed by atoms with E-state index in [1.165, 1.54) is 0 Å². The monoisotopic (exact) mass is 265 g/mol. The van der Waals surface area contributed by atoms with Crippen LogP contribution in [-0.4, -0.2) is 9.55 Å². The summed E-state index contributed by atoms with van der Waals surface area (Å²) in [4.78, 5) is 17.2. The van der Waals surface area contributed by atoms with Gasteiger partial charge in [-0.25, -0.2) is 4.98 Å². The maximum Gasteiger partial charge on any atom is 0.266 e. The van der Waals surface area contributed by atoms with E-state index in [4.69, 9.17) is 5.73 Å². The Morgan fingerprint density at radius 2 is 1.80 bits per heavy atom. The normalized spacial score (nSPS) is 10.9. The molecule has 0 fully saturated rings. The van der Waals surface area contributed by atoms with Gasteiger partial charge in [-0.3, -0.25) is 9.36 Å². The van der Waals surface area contributed by atoms with Crippen molar-refractivity contribution in [3.05, 3.63) is 70.3 Å². The molecule has 3 rings (SSSR count). The van der Waals surface area contributed by atoms with Crippen molar-refractivity contribution < 1.29 is 0 Å². The molecule has 0 bridgehead atoms.